The third kappa shape index (κ3) is 45.1. The number of carbonyl (C=O) groups is 2. The molecule has 0 aromatic rings. The Balaban J connectivity index is 4.64. The highest BCUT2D eigenvalue weighted by molar-refractivity contribution is 7.47. The molecule has 0 amide bonds. The number of aliphatic hydroxyl groups is 1. The Labute approximate surface area is 367 Å². The van der Waals surface area contributed by atoms with E-state index >= 15 is 0 Å². The molecule has 350 valence electrons. The molecule has 0 aliphatic rings. The third-order valence-corrected chi connectivity index (χ3v) is 10.2. The molecular formula is C46H78O13P2. The average molecular weight is 901 g/mol. The summed E-state index contributed by atoms with van der Waals surface area (Å²) >= 11 is 0. The Morgan fingerprint density at radius 2 is 0.934 bits per heavy atom. The number of unbranched alkanes of at least 4 members (excludes halogenated alkanes) is 11. The topological polar surface area (TPSA) is 195 Å². The summed E-state index contributed by atoms with van der Waals surface area (Å²) in [6.45, 7) is 1.54. The number of ether oxygens (including phenoxy) is 2. The minimum Gasteiger partial charge on any atom is -0.462 e. The van der Waals surface area contributed by atoms with E-state index in [-0.39, 0.29) is 12.8 Å². The maximum atomic E-state index is 12.7. The van der Waals surface area contributed by atoms with E-state index in [2.05, 4.69) is 89.7 Å². The minimum atomic E-state index is -4.87. The highest BCUT2D eigenvalue weighted by Gasteiger charge is 2.28. The first-order chi connectivity index (χ1) is 29.4. The van der Waals surface area contributed by atoms with Crippen LogP contribution in [0.1, 0.15) is 155 Å². The molecular weight excluding hydrogens is 822 g/mol. The zero-order chi connectivity index (χ0) is 45.1. The SMILES string of the molecule is CC/C=C\C/C=C\C/C=C\C/C=C\C/C=C\C/C=C\CCC(=O)OC[C@H](COP(=O)(O)OC[C@@H](O)COP(=O)(O)O)OC(=O)CCCCCCCCC/C=C\CCCCCC. The molecule has 0 spiro atoms. The fourth-order valence-electron chi connectivity index (χ4n) is 5.43. The van der Waals surface area contributed by atoms with Gasteiger partial charge in [-0.25, -0.2) is 9.13 Å². The van der Waals surface area contributed by atoms with Crippen LogP contribution < -0.4 is 0 Å². The number of hydrogen-bond donors (Lipinski definition) is 4. The number of aliphatic hydroxyl groups excluding tert-OH is 1. The molecule has 0 aliphatic carbocycles. The van der Waals surface area contributed by atoms with Crippen LogP contribution >= 0.6 is 15.6 Å². The summed E-state index contributed by atoms with van der Waals surface area (Å²) in [5.74, 6) is -1.14. The second-order valence-corrected chi connectivity index (χ2v) is 17.3. The summed E-state index contributed by atoms with van der Waals surface area (Å²) in [5.41, 5.74) is 0. The summed E-state index contributed by atoms with van der Waals surface area (Å²) in [6, 6.07) is 0. The maximum Gasteiger partial charge on any atom is 0.472 e. The first-order valence-corrected chi connectivity index (χ1v) is 25.3. The van der Waals surface area contributed by atoms with Gasteiger partial charge in [-0.15, -0.1) is 0 Å². The lowest BCUT2D eigenvalue weighted by Crippen LogP contribution is -2.29. The van der Waals surface area contributed by atoms with Crippen LogP contribution in [0.25, 0.3) is 0 Å². The van der Waals surface area contributed by atoms with Crippen LogP contribution in [0, 0.1) is 0 Å². The van der Waals surface area contributed by atoms with Gasteiger partial charge in [0.1, 0.15) is 12.7 Å². The number of phosphoric ester groups is 2. The largest absolute Gasteiger partial charge is 0.472 e. The summed E-state index contributed by atoms with van der Waals surface area (Å²) in [4.78, 5) is 52.7. The van der Waals surface area contributed by atoms with E-state index in [4.69, 9.17) is 23.8 Å². The lowest BCUT2D eigenvalue weighted by Gasteiger charge is -2.20. The van der Waals surface area contributed by atoms with E-state index in [1.165, 1.54) is 38.5 Å². The van der Waals surface area contributed by atoms with Crippen molar-refractivity contribution in [3.05, 3.63) is 85.1 Å². The summed E-state index contributed by atoms with van der Waals surface area (Å²) in [6.07, 6.45) is 47.3. The van der Waals surface area contributed by atoms with Gasteiger partial charge < -0.3 is 29.3 Å². The Hall–Kier alpha value is -2.70. The molecule has 3 atom stereocenters. The maximum absolute atomic E-state index is 12.7. The van der Waals surface area contributed by atoms with Gasteiger partial charge in [0, 0.05) is 12.8 Å². The zero-order valence-electron chi connectivity index (χ0n) is 37.0. The molecule has 0 aromatic heterocycles. The van der Waals surface area contributed by atoms with Crippen molar-refractivity contribution in [3.8, 4) is 0 Å². The lowest BCUT2D eigenvalue weighted by atomic mass is 10.1. The van der Waals surface area contributed by atoms with E-state index < -0.39 is 66.2 Å². The number of hydrogen-bond acceptors (Lipinski definition) is 10. The van der Waals surface area contributed by atoms with Crippen molar-refractivity contribution < 1.29 is 61.6 Å². The Kier molecular flexibility index (Phi) is 39.5. The molecule has 1 unspecified atom stereocenters. The van der Waals surface area contributed by atoms with Crippen molar-refractivity contribution in [2.24, 2.45) is 0 Å². The van der Waals surface area contributed by atoms with Gasteiger partial charge in [-0.1, -0.05) is 150 Å². The number of esters is 2. The highest BCUT2D eigenvalue weighted by Crippen LogP contribution is 2.43. The number of rotatable bonds is 41. The van der Waals surface area contributed by atoms with Crippen molar-refractivity contribution in [1.29, 1.82) is 0 Å². The van der Waals surface area contributed by atoms with Gasteiger partial charge in [0.25, 0.3) is 0 Å². The molecule has 4 N–H and O–H groups in total. The fraction of sp³-hybridized carbons (Fsp3) is 0.652. The molecule has 0 fully saturated rings. The standard InChI is InChI=1S/C46H78O13P2/c1-3-5-7-9-11-13-15-17-19-20-21-22-24-25-27-29-31-33-35-37-45(48)55-41-44(42-58-61(53,54)57-40-43(47)39-56-60(50,51)52)59-46(49)38-36-34-32-30-28-26-23-18-16-14-12-10-8-6-4-2/h5,7,11,13-14,16-17,19,21-22,25,27,31,33,43-44,47H,3-4,6,8-10,12,15,18,20,23-24,26,28-30,32,34-42H2,1-2H3,(H,53,54)(H2,50,51,52)/b7-5-,13-11-,16-14-,19-17-,22-21-,27-25-,33-31-/t43-,44+/m0/s1. The smallest absolute Gasteiger partial charge is 0.462 e. The molecule has 0 aliphatic heterocycles. The molecule has 0 saturated heterocycles. The van der Waals surface area contributed by atoms with Gasteiger partial charge in [0.05, 0.1) is 19.8 Å². The lowest BCUT2D eigenvalue weighted by molar-refractivity contribution is -0.161. The Bertz CT molecular complexity index is 1400. The number of allylic oxidation sites excluding steroid dienone is 14. The van der Waals surface area contributed by atoms with Crippen LogP contribution in [0.4, 0.5) is 0 Å². The van der Waals surface area contributed by atoms with Crippen molar-refractivity contribution in [2.75, 3.05) is 26.4 Å². The van der Waals surface area contributed by atoms with Crippen LogP contribution in [0.5, 0.6) is 0 Å². The molecule has 0 radical (unpaired) electrons. The van der Waals surface area contributed by atoms with Crippen molar-refractivity contribution >= 4 is 27.6 Å². The summed E-state index contributed by atoms with van der Waals surface area (Å²) in [5, 5.41) is 9.75. The van der Waals surface area contributed by atoms with E-state index in [0.29, 0.717) is 19.3 Å². The zero-order valence-corrected chi connectivity index (χ0v) is 38.8. The van der Waals surface area contributed by atoms with Gasteiger partial charge in [-0.05, 0) is 77.0 Å². The normalized spacial score (nSPS) is 14.8. The minimum absolute atomic E-state index is 0.0652. The average Bonchev–Trinajstić information content (AvgIpc) is 3.22. The third-order valence-electron chi connectivity index (χ3n) is 8.77. The molecule has 0 rings (SSSR count). The van der Waals surface area contributed by atoms with Gasteiger partial charge >= 0.3 is 27.6 Å². The number of phosphoric acid groups is 2. The first kappa shape index (κ1) is 58.3. The van der Waals surface area contributed by atoms with Crippen LogP contribution in [0.15, 0.2) is 85.1 Å². The first-order valence-electron chi connectivity index (χ1n) is 22.3. The number of carbonyl (C=O) groups excluding carboxylic acids is 2. The molecule has 0 aromatic carbocycles. The van der Waals surface area contributed by atoms with Crippen LogP contribution in [0.3, 0.4) is 0 Å². The van der Waals surface area contributed by atoms with E-state index in [1.807, 2.05) is 18.2 Å². The molecule has 15 heteroatoms. The second-order valence-electron chi connectivity index (χ2n) is 14.6. The monoisotopic (exact) mass is 900 g/mol. The van der Waals surface area contributed by atoms with E-state index in [0.717, 1.165) is 70.6 Å². The van der Waals surface area contributed by atoms with Gasteiger partial charge in [0.15, 0.2) is 6.10 Å². The molecule has 61 heavy (non-hydrogen) atoms. The van der Waals surface area contributed by atoms with Crippen LogP contribution in [0.2, 0.25) is 0 Å². The van der Waals surface area contributed by atoms with Gasteiger partial charge in [-0.3, -0.25) is 23.2 Å². The summed E-state index contributed by atoms with van der Waals surface area (Å²) < 4.78 is 47.7. The van der Waals surface area contributed by atoms with Crippen molar-refractivity contribution in [1.82, 2.24) is 0 Å². The highest BCUT2D eigenvalue weighted by atomic mass is 31.2. The van der Waals surface area contributed by atoms with Crippen LogP contribution in [-0.2, 0) is 41.8 Å². The molecule has 13 nitrogen and oxygen atoms in total. The predicted octanol–water partition coefficient (Wildman–Crippen LogP) is 11.6. The Morgan fingerprint density at radius 1 is 0.492 bits per heavy atom. The van der Waals surface area contributed by atoms with E-state index in [1.54, 1.807) is 0 Å². The van der Waals surface area contributed by atoms with Crippen molar-refractivity contribution in [2.45, 2.75) is 167 Å². The van der Waals surface area contributed by atoms with Gasteiger partial charge in [0.2, 0.25) is 0 Å². The quantitative estimate of drug-likeness (QED) is 0.0196. The fourth-order valence-corrected chi connectivity index (χ4v) is 6.58. The molecule has 0 saturated carbocycles. The molecule has 0 heterocycles. The molecule has 0 bridgehead atoms. The van der Waals surface area contributed by atoms with Gasteiger partial charge in [-0.2, -0.15) is 0 Å². The summed E-state index contributed by atoms with van der Waals surface area (Å²) in [7, 11) is -9.70. The second kappa shape index (κ2) is 41.3. The van der Waals surface area contributed by atoms with Crippen molar-refractivity contribution in [3.63, 3.8) is 0 Å². The Morgan fingerprint density at radius 3 is 1.46 bits per heavy atom. The predicted molar refractivity (Wildman–Crippen MR) is 243 cm³/mol. The van der Waals surface area contributed by atoms with Crippen LogP contribution in [-0.4, -0.2) is 70.4 Å². The van der Waals surface area contributed by atoms with E-state index in [9.17, 15) is 28.7 Å².